The maximum atomic E-state index is 10.5. The van der Waals surface area contributed by atoms with Gasteiger partial charge in [-0.25, -0.2) is 9.50 Å². The van der Waals surface area contributed by atoms with Gasteiger partial charge in [0.1, 0.15) is 5.01 Å². The molecule has 0 saturated heterocycles. The lowest BCUT2D eigenvalue weighted by Gasteiger charge is -1.93. The smallest absolute Gasteiger partial charge is 0.303 e. The fourth-order valence-corrected chi connectivity index (χ4v) is 2.70. The summed E-state index contributed by atoms with van der Waals surface area (Å²) in [5.41, 5.74) is 1.82. The summed E-state index contributed by atoms with van der Waals surface area (Å²) in [7, 11) is 0. The van der Waals surface area contributed by atoms with Gasteiger partial charge < -0.3 is 5.11 Å². The number of carbonyl (C=O) groups is 1. The Morgan fingerprint density at radius 2 is 2.11 bits per heavy atom. The number of carboxylic acid groups (broad SMARTS) is 1. The zero-order chi connectivity index (χ0) is 13.2. The van der Waals surface area contributed by atoms with Crippen molar-refractivity contribution in [3.8, 4) is 10.6 Å². The second-order valence-corrected chi connectivity index (χ2v) is 5.08. The van der Waals surface area contributed by atoms with Crippen molar-refractivity contribution in [3.63, 3.8) is 0 Å². The molecule has 6 heteroatoms. The van der Waals surface area contributed by atoms with Gasteiger partial charge in [-0.1, -0.05) is 41.7 Å². The third-order valence-corrected chi connectivity index (χ3v) is 3.68. The predicted octanol–water partition coefficient (Wildman–Crippen LogP) is 2.48. The van der Waals surface area contributed by atoms with E-state index in [-0.39, 0.29) is 6.42 Å². The van der Waals surface area contributed by atoms with E-state index in [1.165, 1.54) is 11.3 Å². The molecule has 96 valence electrons. The summed E-state index contributed by atoms with van der Waals surface area (Å²) >= 11 is 1.50. The Morgan fingerprint density at radius 1 is 1.32 bits per heavy atom. The zero-order valence-electron chi connectivity index (χ0n) is 9.98. The van der Waals surface area contributed by atoms with Crippen LogP contribution in [-0.2, 0) is 11.2 Å². The van der Waals surface area contributed by atoms with Crippen LogP contribution in [-0.4, -0.2) is 25.7 Å². The van der Waals surface area contributed by atoms with Crippen LogP contribution < -0.4 is 0 Å². The molecule has 0 atom stereocenters. The number of carboxylic acids is 1. The molecule has 0 fully saturated rings. The van der Waals surface area contributed by atoms with Crippen molar-refractivity contribution in [2.24, 2.45) is 0 Å². The van der Waals surface area contributed by atoms with Gasteiger partial charge in [0.2, 0.25) is 4.96 Å². The highest BCUT2D eigenvalue weighted by Crippen LogP contribution is 2.25. The van der Waals surface area contributed by atoms with Gasteiger partial charge in [0, 0.05) is 12.0 Å². The highest BCUT2D eigenvalue weighted by molar-refractivity contribution is 7.19. The molecular formula is C13H11N3O2S. The first-order valence-electron chi connectivity index (χ1n) is 5.85. The van der Waals surface area contributed by atoms with E-state index in [0.29, 0.717) is 6.42 Å². The molecule has 0 saturated carbocycles. The lowest BCUT2D eigenvalue weighted by Crippen LogP contribution is -1.97. The van der Waals surface area contributed by atoms with Crippen LogP contribution in [0.1, 0.15) is 12.1 Å². The Labute approximate surface area is 113 Å². The van der Waals surface area contributed by atoms with Crippen LogP contribution in [0.5, 0.6) is 0 Å². The standard InChI is InChI=1S/C13H11N3O2S/c17-11(18)7-6-10-8-16-13(14-10)19-12(15-16)9-4-2-1-3-5-9/h1-5,8H,6-7H2,(H,17,18). The van der Waals surface area contributed by atoms with Crippen LogP contribution >= 0.6 is 11.3 Å². The number of hydrogen-bond acceptors (Lipinski definition) is 4. The second-order valence-electron chi connectivity index (χ2n) is 4.13. The van der Waals surface area contributed by atoms with Gasteiger partial charge in [-0.3, -0.25) is 4.79 Å². The van der Waals surface area contributed by atoms with E-state index in [1.807, 2.05) is 30.3 Å². The molecular weight excluding hydrogens is 262 g/mol. The summed E-state index contributed by atoms with van der Waals surface area (Å²) in [4.78, 5) is 15.7. The van der Waals surface area contributed by atoms with Crippen molar-refractivity contribution >= 4 is 22.3 Å². The van der Waals surface area contributed by atoms with Crippen molar-refractivity contribution in [1.29, 1.82) is 0 Å². The van der Waals surface area contributed by atoms with Gasteiger partial charge in [-0.05, 0) is 0 Å². The number of rotatable bonds is 4. The quantitative estimate of drug-likeness (QED) is 0.793. The first-order chi connectivity index (χ1) is 9.22. The average Bonchev–Trinajstić information content (AvgIpc) is 2.95. The Kier molecular flexibility index (Phi) is 3.00. The number of fused-ring (bicyclic) bond motifs is 1. The highest BCUT2D eigenvalue weighted by atomic mass is 32.1. The van der Waals surface area contributed by atoms with Gasteiger partial charge >= 0.3 is 5.97 Å². The van der Waals surface area contributed by atoms with Crippen LogP contribution in [0.4, 0.5) is 0 Å². The van der Waals surface area contributed by atoms with Crippen molar-refractivity contribution in [2.75, 3.05) is 0 Å². The Bertz CT molecular complexity index is 686. The van der Waals surface area contributed by atoms with E-state index in [0.717, 1.165) is 21.2 Å². The SMILES string of the molecule is O=C(O)CCc1cn2nc(-c3ccccc3)sc2n1. The third kappa shape index (κ3) is 2.48. The Hall–Kier alpha value is -2.21. The van der Waals surface area contributed by atoms with Crippen LogP contribution in [0, 0.1) is 0 Å². The average molecular weight is 273 g/mol. The molecule has 0 aliphatic rings. The monoisotopic (exact) mass is 273 g/mol. The molecule has 0 unspecified atom stereocenters. The molecule has 0 amide bonds. The molecule has 1 N–H and O–H groups in total. The molecule has 0 radical (unpaired) electrons. The lowest BCUT2D eigenvalue weighted by atomic mass is 10.2. The van der Waals surface area contributed by atoms with Gasteiger partial charge in [0.25, 0.3) is 0 Å². The summed E-state index contributed by atoms with van der Waals surface area (Å²) < 4.78 is 1.71. The number of aliphatic carboxylic acids is 1. The van der Waals surface area contributed by atoms with Crippen molar-refractivity contribution in [2.45, 2.75) is 12.8 Å². The predicted molar refractivity (Wildman–Crippen MR) is 72.3 cm³/mol. The first kappa shape index (κ1) is 11.9. The third-order valence-electron chi connectivity index (χ3n) is 2.71. The van der Waals surface area contributed by atoms with Crippen LogP contribution in [0.15, 0.2) is 36.5 Å². The van der Waals surface area contributed by atoms with Crippen molar-refractivity contribution in [3.05, 3.63) is 42.2 Å². The molecule has 1 aromatic carbocycles. The molecule has 2 aromatic heterocycles. The molecule has 0 aliphatic carbocycles. The fraction of sp³-hybridized carbons (Fsp3) is 0.154. The highest BCUT2D eigenvalue weighted by Gasteiger charge is 2.10. The van der Waals surface area contributed by atoms with E-state index in [1.54, 1.807) is 10.7 Å². The number of imidazole rings is 1. The largest absolute Gasteiger partial charge is 0.481 e. The second kappa shape index (κ2) is 4.81. The van der Waals surface area contributed by atoms with Gasteiger partial charge in [-0.15, -0.1) is 0 Å². The Balaban J connectivity index is 1.87. The number of nitrogens with zero attached hydrogens (tertiary/aromatic N) is 3. The number of hydrogen-bond donors (Lipinski definition) is 1. The van der Waals surface area contributed by atoms with Crippen LogP contribution in [0.2, 0.25) is 0 Å². The summed E-state index contributed by atoms with van der Waals surface area (Å²) in [5.74, 6) is -0.811. The number of benzene rings is 1. The molecule has 3 aromatic rings. The van der Waals surface area contributed by atoms with Gasteiger partial charge in [0.15, 0.2) is 0 Å². The zero-order valence-corrected chi connectivity index (χ0v) is 10.8. The maximum absolute atomic E-state index is 10.5. The Morgan fingerprint density at radius 3 is 2.79 bits per heavy atom. The normalized spacial score (nSPS) is 10.9. The minimum absolute atomic E-state index is 0.0936. The maximum Gasteiger partial charge on any atom is 0.303 e. The van der Waals surface area contributed by atoms with E-state index >= 15 is 0 Å². The van der Waals surface area contributed by atoms with Crippen LogP contribution in [0.3, 0.4) is 0 Å². The minimum atomic E-state index is -0.811. The van der Waals surface area contributed by atoms with Gasteiger partial charge in [0.05, 0.1) is 18.3 Å². The summed E-state index contributed by atoms with van der Waals surface area (Å²) in [6, 6.07) is 9.91. The van der Waals surface area contributed by atoms with Crippen molar-refractivity contribution < 1.29 is 9.90 Å². The summed E-state index contributed by atoms with van der Waals surface area (Å²) in [6.07, 6.45) is 2.32. The molecule has 5 nitrogen and oxygen atoms in total. The molecule has 0 bridgehead atoms. The molecule has 2 heterocycles. The van der Waals surface area contributed by atoms with E-state index < -0.39 is 5.97 Å². The molecule has 3 rings (SSSR count). The molecule has 19 heavy (non-hydrogen) atoms. The summed E-state index contributed by atoms with van der Waals surface area (Å²) in [6.45, 7) is 0. The van der Waals surface area contributed by atoms with Crippen molar-refractivity contribution in [1.82, 2.24) is 14.6 Å². The van der Waals surface area contributed by atoms with Crippen LogP contribution in [0.25, 0.3) is 15.5 Å². The topological polar surface area (TPSA) is 67.5 Å². The first-order valence-corrected chi connectivity index (χ1v) is 6.66. The number of aryl methyl sites for hydroxylation is 1. The fourth-order valence-electron chi connectivity index (χ4n) is 1.80. The van der Waals surface area contributed by atoms with E-state index in [2.05, 4.69) is 10.1 Å². The number of aromatic nitrogens is 3. The molecule has 0 spiro atoms. The van der Waals surface area contributed by atoms with E-state index in [9.17, 15) is 4.79 Å². The minimum Gasteiger partial charge on any atom is -0.481 e. The summed E-state index contributed by atoms with van der Waals surface area (Å²) in [5, 5.41) is 14.0. The van der Waals surface area contributed by atoms with E-state index in [4.69, 9.17) is 5.11 Å². The van der Waals surface area contributed by atoms with Gasteiger partial charge in [-0.2, -0.15) is 5.10 Å². The lowest BCUT2D eigenvalue weighted by molar-refractivity contribution is -0.136. The molecule has 0 aliphatic heterocycles.